The summed E-state index contributed by atoms with van der Waals surface area (Å²) in [5, 5.41) is 0. The molecule has 0 aliphatic heterocycles. The lowest BCUT2D eigenvalue weighted by molar-refractivity contribution is 0.0775. The van der Waals surface area contributed by atoms with Crippen LogP contribution >= 0.6 is 0 Å². The number of hydrogen-bond donors (Lipinski definition) is 1. The van der Waals surface area contributed by atoms with Crippen LogP contribution in [0.25, 0.3) is 0 Å². The minimum absolute atomic E-state index is 0.0390. The Morgan fingerprint density at radius 3 is 2.47 bits per heavy atom. The number of aryl methyl sites for hydroxylation is 1. The minimum Gasteiger partial charge on any atom is -0.336 e. The van der Waals surface area contributed by atoms with Crippen LogP contribution in [0.4, 0.5) is 0 Å². The summed E-state index contributed by atoms with van der Waals surface area (Å²) in [6.07, 6.45) is 3.20. The minimum atomic E-state index is -0.0390. The first kappa shape index (κ1) is 13.3. The Kier molecular flexibility index (Phi) is 3.97. The summed E-state index contributed by atoms with van der Waals surface area (Å²) in [6, 6.07) is 7.96. The summed E-state index contributed by atoms with van der Waals surface area (Å²) in [7, 11) is 3.59. The molecule has 0 unspecified atom stereocenters. The molecule has 0 spiro atoms. The van der Waals surface area contributed by atoms with E-state index in [0.717, 1.165) is 11.1 Å². The summed E-state index contributed by atoms with van der Waals surface area (Å²) in [4.78, 5) is 17.8. The van der Waals surface area contributed by atoms with Gasteiger partial charge in [0.2, 0.25) is 0 Å². The zero-order valence-corrected chi connectivity index (χ0v) is 11.2. The molecule has 2 aromatic rings. The van der Waals surface area contributed by atoms with Gasteiger partial charge >= 0.3 is 0 Å². The molecule has 0 radical (unpaired) electrons. The first-order valence-corrected chi connectivity index (χ1v) is 6.11. The predicted molar refractivity (Wildman–Crippen MR) is 73.3 cm³/mol. The molecule has 2 N–H and O–H groups in total. The maximum Gasteiger partial charge on any atom is 0.272 e. The van der Waals surface area contributed by atoms with E-state index >= 15 is 0 Å². The van der Waals surface area contributed by atoms with Gasteiger partial charge in [0.05, 0.1) is 12.5 Å². The molecule has 0 bridgehead atoms. The Balaban J connectivity index is 2.06. The van der Waals surface area contributed by atoms with Crippen molar-refractivity contribution in [1.29, 1.82) is 0 Å². The van der Waals surface area contributed by atoms with Crippen molar-refractivity contribution in [2.24, 2.45) is 12.8 Å². The highest BCUT2D eigenvalue weighted by Gasteiger charge is 2.15. The summed E-state index contributed by atoms with van der Waals surface area (Å²) < 4.78 is 1.72. The molecule has 1 aromatic heterocycles. The lowest BCUT2D eigenvalue weighted by atomic mass is 10.1. The zero-order valence-electron chi connectivity index (χ0n) is 11.2. The monoisotopic (exact) mass is 258 g/mol. The summed E-state index contributed by atoms with van der Waals surface area (Å²) >= 11 is 0. The average Bonchev–Trinajstić information content (AvgIpc) is 2.85. The van der Waals surface area contributed by atoms with Crippen LogP contribution in [0.2, 0.25) is 0 Å². The van der Waals surface area contributed by atoms with Crippen molar-refractivity contribution in [3.63, 3.8) is 0 Å². The van der Waals surface area contributed by atoms with E-state index in [4.69, 9.17) is 5.73 Å². The lowest BCUT2D eigenvalue weighted by Gasteiger charge is -2.17. The molecule has 100 valence electrons. The highest BCUT2D eigenvalue weighted by molar-refractivity contribution is 5.92. The highest BCUT2D eigenvalue weighted by atomic mass is 16.2. The molecule has 0 atom stereocenters. The van der Waals surface area contributed by atoms with Crippen LogP contribution in [-0.2, 0) is 20.1 Å². The molecule has 1 heterocycles. The van der Waals surface area contributed by atoms with Gasteiger partial charge in [0, 0.05) is 27.2 Å². The Morgan fingerprint density at radius 2 is 1.95 bits per heavy atom. The Labute approximate surface area is 112 Å². The molecule has 0 aliphatic carbocycles. The van der Waals surface area contributed by atoms with Gasteiger partial charge in [-0.15, -0.1) is 0 Å². The lowest BCUT2D eigenvalue weighted by Crippen LogP contribution is -2.27. The van der Waals surface area contributed by atoms with Crippen LogP contribution in [0, 0.1) is 0 Å². The molecule has 0 saturated heterocycles. The van der Waals surface area contributed by atoms with E-state index in [1.165, 1.54) is 0 Å². The molecule has 1 aromatic carbocycles. The first-order valence-electron chi connectivity index (χ1n) is 6.11. The number of rotatable bonds is 4. The normalized spacial score (nSPS) is 10.5. The van der Waals surface area contributed by atoms with Gasteiger partial charge in [-0.05, 0) is 11.1 Å². The molecular weight excluding hydrogens is 240 g/mol. The van der Waals surface area contributed by atoms with E-state index in [-0.39, 0.29) is 5.91 Å². The fourth-order valence-corrected chi connectivity index (χ4v) is 1.89. The molecule has 0 saturated carbocycles. The zero-order chi connectivity index (χ0) is 13.8. The number of nitrogens with two attached hydrogens (primary N) is 1. The molecule has 5 heteroatoms. The second-order valence-electron chi connectivity index (χ2n) is 4.57. The number of amides is 1. The Morgan fingerprint density at radius 1 is 1.32 bits per heavy atom. The van der Waals surface area contributed by atoms with Crippen molar-refractivity contribution in [2.45, 2.75) is 13.1 Å². The quantitative estimate of drug-likeness (QED) is 0.894. The van der Waals surface area contributed by atoms with Gasteiger partial charge in [-0.2, -0.15) is 0 Å². The van der Waals surface area contributed by atoms with E-state index in [0.29, 0.717) is 18.8 Å². The Hall–Kier alpha value is -2.14. The molecule has 5 nitrogen and oxygen atoms in total. The van der Waals surface area contributed by atoms with Crippen molar-refractivity contribution in [2.75, 3.05) is 7.05 Å². The van der Waals surface area contributed by atoms with Gasteiger partial charge in [0.15, 0.2) is 0 Å². The van der Waals surface area contributed by atoms with Gasteiger partial charge < -0.3 is 15.2 Å². The van der Waals surface area contributed by atoms with E-state index in [1.54, 1.807) is 29.0 Å². The van der Waals surface area contributed by atoms with Crippen molar-refractivity contribution in [1.82, 2.24) is 14.5 Å². The number of imidazole rings is 1. The van der Waals surface area contributed by atoms with E-state index < -0.39 is 0 Å². The third-order valence-electron chi connectivity index (χ3n) is 3.06. The van der Waals surface area contributed by atoms with Gasteiger partial charge in [-0.25, -0.2) is 4.98 Å². The third-order valence-corrected chi connectivity index (χ3v) is 3.06. The van der Waals surface area contributed by atoms with Crippen LogP contribution in [0.15, 0.2) is 36.8 Å². The summed E-state index contributed by atoms with van der Waals surface area (Å²) in [5.74, 6) is -0.0390. The van der Waals surface area contributed by atoms with Crippen molar-refractivity contribution < 1.29 is 4.79 Å². The molecule has 0 fully saturated rings. The van der Waals surface area contributed by atoms with E-state index in [1.807, 2.05) is 31.3 Å². The molecular formula is C14H18N4O. The number of carbonyl (C=O) groups is 1. The Bertz CT molecular complexity index is 559. The topological polar surface area (TPSA) is 64.2 Å². The van der Waals surface area contributed by atoms with E-state index in [2.05, 4.69) is 4.98 Å². The molecule has 0 aliphatic rings. The van der Waals surface area contributed by atoms with Gasteiger partial charge in [0.1, 0.15) is 5.69 Å². The van der Waals surface area contributed by atoms with Crippen LogP contribution in [0.3, 0.4) is 0 Å². The van der Waals surface area contributed by atoms with Crippen LogP contribution in [-0.4, -0.2) is 27.4 Å². The largest absolute Gasteiger partial charge is 0.336 e. The molecule has 2 rings (SSSR count). The van der Waals surface area contributed by atoms with Crippen LogP contribution in [0.1, 0.15) is 21.6 Å². The second-order valence-corrected chi connectivity index (χ2v) is 4.57. The molecule has 1 amide bonds. The maximum atomic E-state index is 12.2. The first-order chi connectivity index (χ1) is 9.11. The number of carbonyl (C=O) groups excluding carboxylic acids is 1. The predicted octanol–water partition coefficient (Wildman–Crippen LogP) is 1.15. The number of nitrogens with zero attached hydrogens (tertiary/aromatic N) is 3. The van der Waals surface area contributed by atoms with Crippen molar-refractivity contribution >= 4 is 5.91 Å². The van der Waals surface area contributed by atoms with Gasteiger partial charge in [-0.3, -0.25) is 4.79 Å². The van der Waals surface area contributed by atoms with Crippen LogP contribution < -0.4 is 5.73 Å². The fraction of sp³-hybridized carbons (Fsp3) is 0.286. The molecule has 19 heavy (non-hydrogen) atoms. The third kappa shape index (κ3) is 3.00. The maximum absolute atomic E-state index is 12.2. The smallest absolute Gasteiger partial charge is 0.272 e. The number of hydrogen-bond acceptors (Lipinski definition) is 3. The standard InChI is InChI=1S/C14H18N4O/c1-17(14(19)13-8-16-10-18(13)2)9-12-5-3-11(7-15)4-6-12/h3-6,8,10H,7,9,15H2,1-2H3. The average molecular weight is 258 g/mol. The van der Waals surface area contributed by atoms with Crippen LogP contribution in [0.5, 0.6) is 0 Å². The van der Waals surface area contributed by atoms with Crippen molar-refractivity contribution in [3.05, 3.63) is 53.6 Å². The number of benzene rings is 1. The summed E-state index contributed by atoms with van der Waals surface area (Å²) in [5.41, 5.74) is 8.31. The highest BCUT2D eigenvalue weighted by Crippen LogP contribution is 2.09. The van der Waals surface area contributed by atoms with E-state index in [9.17, 15) is 4.79 Å². The van der Waals surface area contributed by atoms with Gasteiger partial charge in [-0.1, -0.05) is 24.3 Å². The SMILES string of the molecule is CN(Cc1ccc(CN)cc1)C(=O)c1cncn1C. The fourth-order valence-electron chi connectivity index (χ4n) is 1.89. The van der Waals surface area contributed by atoms with Crippen molar-refractivity contribution in [3.8, 4) is 0 Å². The summed E-state index contributed by atoms with van der Waals surface area (Å²) in [6.45, 7) is 1.10. The second kappa shape index (κ2) is 5.67. The number of aromatic nitrogens is 2. The van der Waals surface area contributed by atoms with Gasteiger partial charge in [0.25, 0.3) is 5.91 Å².